The van der Waals surface area contributed by atoms with Crippen molar-refractivity contribution in [1.29, 1.82) is 0 Å². The van der Waals surface area contributed by atoms with Gasteiger partial charge < -0.3 is 25.0 Å². The van der Waals surface area contributed by atoms with Crippen molar-refractivity contribution in [2.45, 2.75) is 64.3 Å². The van der Waals surface area contributed by atoms with E-state index in [0.717, 1.165) is 69.2 Å². The van der Waals surface area contributed by atoms with Gasteiger partial charge in [0.25, 0.3) is 5.91 Å². The molecule has 1 N–H and O–H groups in total. The predicted molar refractivity (Wildman–Crippen MR) is 150 cm³/mol. The fourth-order valence-corrected chi connectivity index (χ4v) is 5.87. The van der Waals surface area contributed by atoms with E-state index < -0.39 is 11.9 Å². The van der Waals surface area contributed by atoms with Gasteiger partial charge in [0.15, 0.2) is 0 Å². The Kier molecular flexibility index (Phi) is 10.5. The summed E-state index contributed by atoms with van der Waals surface area (Å²) >= 11 is 0. The van der Waals surface area contributed by atoms with Crippen LogP contribution < -0.4 is 10.4 Å². The minimum absolute atomic E-state index is 0.0333. The van der Waals surface area contributed by atoms with Crippen LogP contribution in [0.25, 0.3) is 0 Å². The minimum atomic E-state index is -1.22. The second-order valence-electron chi connectivity index (χ2n) is 11.2. The number of rotatable bonds is 12. The van der Waals surface area contributed by atoms with Crippen LogP contribution >= 0.6 is 0 Å². The molecule has 2 aromatic rings. The summed E-state index contributed by atoms with van der Waals surface area (Å²) in [5.74, 6) is -1.42. The van der Waals surface area contributed by atoms with Gasteiger partial charge in [-0.25, -0.2) is 0 Å². The lowest BCUT2D eigenvalue weighted by molar-refractivity contribution is -0.306. The van der Waals surface area contributed by atoms with Gasteiger partial charge in [0.05, 0.1) is 0 Å². The summed E-state index contributed by atoms with van der Waals surface area (Å²) in [6.45, 7) is 3.84. The molecule has 2 aliphatic heterocycles. The van der Waals surface area contributed by atoms with Crippen molar-refractivity contribution in [3.63, 3.8) is 0 Å². The third kappa shape index (κ3) is 8.40. The van der Waals surface area contributed by atoms with Crippen LogP contribution in [0.3, 0.4) is 0 Å². The van der Waals surface area contributed by atoms with Crippen molar-refractivity contribution >= 4 is 17.8 Å². The number of fused-ring (bicyclic) bond motifs is 1. The second kappa shape index (κ2) is 14.3. The highest BCUT2D eigenvalue weighted by Crippen LogP contribution is 2.27. The zero-order valence-corrected chi connectivity index (χ0v) is 23.2. The zero-order chi connectivity index (χ0) is 27.6. The molecular weight excluding hydrogens is 490 g/mol. The molecule has 1 fully saturated rings. The fourth-order valence-electron chi connectivity index (χ4n) is 5.87. The van der Waals surface area contributed by atoms with E-state index in [9.17, 15) is 19.5 Å². The van der Waals surface area contributed by atoms with Gasteiger partial charge >= 0.3 is 0 Å². The van der Waals surface area contributed by atoms with Crippen molar-refractivity contribution in [3.05, 3.63) is 70.8 Å². The molecule has 0 spiro atoms. The molecule has 0 aromatic heterocycles. The highest BCUT2D eigenvalue weighted by atomic mass is 16.4. The number of aryl methyl sites for hydroxylation is 1. The number of unbranched alkanes of at least 4 members (excludes halogenated alkanes) is 2. The Bertz CT molecular complexity index is 1110. The van der Waals surface area contributed by atoms with Crippen molar-refractivity contribution in [1.82, 2.24) is 15.1 Å². The SMILES string of the molecule is CN(CCC1CCNCC1)C(=O)c1ccc2c(c1)CC(CC(=O)[O-])C(=O)N(CCCCCc1ccccc1)C2. The third-order valence-corrected chi connectivity index (χ3v) is 8.27. The van der Waals surface area contributed by atoms with Crippen LogP contribution in [0.2, 0.25) is 0 Å². The summed E-state index contributed by atoms with van der Waals surface area (Å²) in [6, 6.07) is 16.0. The first-order valence-electron chi connectivity index (χ1n) is 14.5. The fraction of sp³-hybridized carbons (Fsp3) is 0.531. The first-order valence-corrected chi connectivity index (χ1v) is 14.5. The maximum Gasteiger partial charge on any atom is 0.253 e. The van der Waals surface area contributed by atoms with Crippen LogP contribution in [-0.2, 0) is 29.0 Å². The molecule has 0 bridgehead atoms. The number of piperidine rings is 1. The number of amides is 2. The Labute approximate surface area is 232 Å². The molecule has 7 nitrogen and oxygen atoms in total. The molecule has 0 radical (unpaired) electrons. The maximum absolute atomic E-state index is 13.4. The van der Waals surface area contributed by atoms with Crippen LogP contribution in [0.15, 0.2) is 48.5 Å². The van der Waals surface area contributed by atoms with E-state index >= 15 is 0 Å². The van der Waals surface area contributed by atoms with Gasteiger partial charge in [-0.2, -0.15) is 0 Å². The van der Waals surface area contributed by atoms with E-state index in [0.29, 0.717) is 37.5 Å². The van der Waals surface area contributed by atoms with E-state index in [4.69, 9.17) is 0 Å². The number of nitrogens with zero attached hydrogens (tertiary/aromatic N) is 2. The summed E-state index contributed by atoms with van der Waals surface area (Å²) in [5, 5.41) is 14.9. The number of carbonyl (C=O) groups excluding carboxylic acids is 3. The van der Waals surface area contributed by atoms with E-state index in [-0.39, 0.29) is 18.2 Å². The summed E-state index contributed by atoms with van der Waals surface area (Å²) in [4.78, 5) is 41.6. The Hall–Kier alpha value is -3.19. The van der Waals surface area contributed by atoms with Gasteiger partial charge in [-0.1, -0.05) is 42.8 Å². The number of carboxylic acid groups (broad SMARTS) is 1. The Morgan fingerprint density at radius 1 is 1.03 bits per heavy atom. The van der Waals surface area contributed by atoms with Gasteiger partial charge in [0.2, 0.25) is 5.91 Å². The molecule has 0 aliphatic carbocycles. The van der Waals surface area contributed by atoms with Gasteiger partial charge in [-0.3, -0.25) is 9.59 Å². The van der Waals surface area contributed by atoms with Crippen LogP contribution in [0.4, 0.5) is 0 Å². The molecular formula is C32H42N3O4-. The summed E-state index contributed by atoms with van der Waals surface area (Å²) in [7, 11) is 1.84. The number of carboxylic acids is 1. The largest absolute Gasteiger partial charge is 0.550 e. The molecule has 4 rings (SSSR count). The lowest BCUT2D eigenvalue weighted by atomic mass is 9.92. The molecule has 2 amide bonds. The van der Waals surface area contributed by atoms with Gasteiger partial charge in [0.1, 0.15) is 0 Å². The van der Waals surface area contributed by atoms with Gasteiger partial charge in [-0.05, 0) is 99.2 Å². The van der Waals surface area contributed by atoms with Crippen LogP contribution in [0.1, 0.15) is 72.0 Å². The highest BCUT2D eigenvalue weighted by Gasteiger charge is 2.30. The number of hydrogen-bond donors (Lipinski definition) is 1. The highest BCUT2D eigenvalue weighted by molar-refractivity contribution is 5.94. The monoisotopic (exact) mass is 532 g/mol. The number of aliphatic carboxylic acids is 1. The van der Waals surface area contributed by atoms with Crippen molar-refractivity contribution < 1.29 is 19.5 Å². The normalized spacial score (nSPS) is 17.9. The quantitative estimate of drug-likeness (QED) is 0.424. The molecule has 1 saturated heterocycles. The molecule has 39 heavy (non-hydrogen) atoms. The van der Waals surface area contributed by atoms with Crippen LogP contribution in [0, 0.1) is 11.8 Å². The minimum Gasteiger partial charge on any atom is -0.550 e. The smallest absolute Gasteiger partial charge is 0.253 e. The maximum atomic E-state index is 13.4. The molecule has 2 heterocycles. The lowest BCUT2D eigenvalue weighted by Gasteiger charge is -2.25. The second-order valence-corrected chi connectivity index (χ2v) is 11.2. The first kappa shape index (κ1) is 28.8. The van der Waals surface area contributed by atoms with Crippen molar-refractivity contribution in [2.24, 2.45) is 11.8 Å². The number of benzene rings is 2. The Morgan fingerprint density at radius 2 is 1.79 bits per heavy atom. The average molecular weight is 533 g/mol. The van der Waals surface area contributed by atoms with Gasteiger partial charge in [-0.15, -0.1) is 0 Å². The lowest BCUT2D eigenvalue weighted by Crippen LogP contribution is -2.38. The van der Waals surface area contributed by atoms with Crippen molar-refractivity contribution in [2.75, 3.05) is 33.2 Å². The first-order chi connectivity index (χ1) is 18.9. The van der Waals surface area contributed by atoms with E-state index in [1.165, 1.54) is 5.56 Å². The summed E-state index contributed by atoms with van der Waals surface area (Å²) in [6.07, 6.45) is 7.21. The standard InChI is InChI=1S/C32H43N3O4/c1-34(19-15-25-13-16-33-17-14-25)31(38)26-11-12-27-23-35(18-7-3-6-10-24-8-4-2-5-9-24)32(39)29(22-30(36)37)21-28(27)20-26/h2,4-5,8-9,11-12,20,25,29,33H,3,6-7,10,13-19,21-23H2,1H3,(H,36,37)/p-1. The molecule has 210 valence electrons. The molecule has 7 heteroatoms. The van der Waals surface area contributed by atoms with Crippen LogP contribution in [0.5, 0.6) is 0 Å². The zero-order valence-electron chi connectivity index (χ0n) is 23.2. The Morgan fingerprint density at radius 3 is 2.54 bits per heavy atom. The number of hydrogen-bond acceptors (Lipinski definition) is 5. The average Bonchev–Trinajstić information content (AvgIpc) is 3.07. The third-order valence-electron chi connectivity index (χ3n) is 8.27. The predicted octanol–water partition coefficient (Wildman–Crippen LogP) is 3.20. The molecule has 1 atom stereocenters. The molecule has 2 aliphatic rings. The summed E-state index contributed by atoms with van der Waals surface area (Å²) in [5.41, 5.74) is 3.78. The van der Waals surface area contributed by atoms with Crippen LogP contribution in [-0.4, -0.2) is 60.8 Å². The van der Waals surface area contributed by atoms with Crippen molar-refractivity contribution in [3.8, 4) is 0 Å². The van der Waals surface area contributed by atoms with E-state index in [1.54, 1.807) is 9.80 Å². The molecule has 2 aromatic carbocycles. The topological polar surface area (TPSA) is 92.8 Å². The molecule has 0 saturated carbocycles. The Balaban J connectivity index is 1.38. The number of nitrogens with one attached hydrogen (secondary N) is 1. The van der Waals surface area contributed by atoms with E-state index in [1.807, 2.05) is 43.4 Å². The van der Waals surface area contributed by atoms with E-state index in [2.05, 4.69) is 17.4 Å². The summed E-state index contributed by atoms with van der Waals surface area (Å²) < 4.78 is 0. The molecule has 1 unspecified atom stereocenters. The number of carbonyl (C=O) groups is 3. The van der Waals surface area contributed by atoms with Gasteiger partial charge in [0, 0.05) is 44.1 Å².